The molecule has 1 rings (SSSR count). The van der Waals surface area contributed by atoms with Gasteiger partial charge >= 0.3 is 27.9 Å². The summed E-state index contributed by atoms with van der Waals surface area (Å²) in [5, 5.41) is 3.28. The normalized spacial score (nSPS) is 9.50. The summed E-state index contributed by atoms with van der Waals surface area (Å²) in [6.45, 7) is 2.24. The number of hydrogen-bond donors (Lipinski definition) is 0. The molecule has 0 radical (unpaired) electrons. The Morgan fingerprint density at radius 3 is 2.57 bits per heavy atom. The molecule has 4 heteroatoms. The van der Waals surface area contributed by atoms with E-state index in [2.05, 4.69) is 62.2 Å². The number of aryl methyl sites for hydroxylation is 1. The van der Waals surface area contributed by atoms with Crippen LogP contribution >= 0.6 is 41.5 Å². The molecule has 1 aromatic rings. The first-order valence-electron chi connectivity index (χ1n) is 4.60. The minimum absolute atomic E-state index is 1.20. The van der Waals surface area contributed by atoms with Crippen LogP contribution in [-0.4, -0.2) is 0 Å². The van der Waals surface area contributed by atoms with Crippen LogP contribution in [-0.2, 0) is 20.1 Å². The number of thiophene rings is 1. The Morgan fingerprint density at radius 2 is 2.07 bits per heavy atom. The summed E-state index contributed by atoms with van der Waals surface area (Å²) in [6.07, 6.45) is 6.55. The molecule has 1 heterocycles. The van der Waals surface area contributed by atoms with E-state index >= 15 is 0 Å². The monoisotopic (exact) mass is 382 g/mol. The Morgan fingerprint density at radius 1 is 1.36 bits per heavy atom. The molecule has 0 fully saturated rings. The minimum atomic E-state index is 1.20. The zero-order chi connectivity index (χ0) is 10.8. The summed E-state index contributed by atoms with van der Waals surface area (Å²) in [6, 6.07) is 2.18. The molecule has 0 saturated carbocycles. The molecule has 0 aliphatic heterocycles. The van der Waals surface area contributed by atoms with Gasteiger partial charge in [0.25, 0.3) is 0 Å². The molecule has 85 valence electrons. The molecule has 14 heavy (non-hydrogen) atoms. The van der Waals surface area contributed by atoms with Crippen molar-refractivity contribution in [3.8, 4) is 0 Å². The molecular weight excluding hydrogens is 371 g/mol. The van der Waals surface area contributed by atoms with Crippen LogP contribution < -0.4 is 0 Å². The summed E-state index contributed by atoms with van der Waals surface area (Å²) in [5.41, 5.74) is 1.36. The maximum atomic E-state index is 3.69. The number of unbranched alkanes of at least 4 members (excludes halogenated alkanes) is 3. The van der Waals surface area contributed by atoms with Crippen molar-refractivity contribution < 1.29 is 13.7 Å². The summed E-state index contributed by atoms with van der Waals surface area (Å²) >= 11 is 11.4. The summed E-state index contributed by atoms with van der Waals surface area (Å²) in [4.78, 5) is 0. The molecule has 0 spiro atoms. The van der Waals surface area contributed by atoms with E-state index in [0.717, 1.165) is 0 Å². The first-order valence-corrected chi connectivity index (χ1v) is 8.66. The molecule has 0 nitrogen and oxygen atoms in total. The Balaban J connectivity index is 0.000000791. The van der Waals surface area contributed by atoms with Crippen molar-refractivity contribution in [3.05, 3.63) is 20.8 Å². The van der Waals surface area contributed by atoms with E-state index in [1.165, 1.54) is 41.5 Å². The maximum absolute atomic E-state index is 3.69. The fraction of sp³-hybridized carbons (Fsp3) is 0.600. The molecule has 0 saturated heterocycles. The van der Waals surface area contributed by atoms with Gasteiger partial charge < -0.3 is 0 Å². The summed E-state index contributed by atoms with van der Waals surface area (Å²) in [5.74, 6) is 0. The van der Waals surface area contributed by atoms with Crippen LogP contribution in [0.25, 0.3) is 0 Å². The van der Waals surface area contributed by atoms with Gasteiger partial charge in [0.15, 0.2) is 0 Å². The second-order valence-electron chi connectivity index (χ2n) is 2.99. The van der Waals surface area contributed by atoms with Gasteiger partial charge in [-0.3, -0.25) is 11.3 Å². The topological polar surface area (TPSA) is 0 Å². The molecule has 0 unspecified atom stereocenters. The van der Waals surface area contributed by atoms with Crippen LogP contribution in [0.2, 0.25) is 0 Å². The molecule has 0 aliphatic carbocycles. The van der Waals surface area contributed by atoms with Crippen LogP contribution in [0.15, 0.2) is 9.85 Å². The quantitative estimate of drug-likeness (QED) is 0.368. The van der Waals surface area contributed by atoms with E-state index < -0.39 is 0 Å². The van der Waals surface area contributed by atoms with E-state index in [0.29, 0.717) is 0 Å². The Bertz CT molecular complexity index is 226. The average molecular weight is 385 g/mol. The van der Waals surface area contributed by atoms with Gasteiger partial charge in [-0.15, -0.1) is 21.3 Å². The Labute approximate surface area is 114 Å². The van der Waals surface area contributed by atoms with Gasteiger partial charge in [-0.05, 0) is 0 Å². The second-order valence-corrected chi connectivity index (χ2v) is 5.22. The van der Waals surface area contributed by atoms with Crippen LogP contribution in [0.4, 0.5) is 0 Å². The van der Waals surface area contributed by atoms with Crippen molar-refractivity contribution in [2.45, 2.75) is 39.0 Å². The first kappa shape index (κ1) is 15.2. The Hall–Kier alpha value is 1.15. The predicted molar refractivity (Wildman–Crippen MR) is 67.6 cm³/mol. The Kier molecular flexibility index (Phi) is 11.5. The van der Waals surface area contributed by atoms with Crippen molar-refractivity contribution in [1.82, 2.24) is 0 Å². The van der Waals surface area contributed by atoms with E-state index in [4.69, 9.17) is 0 Å². The van der Waals surface area contributed by atoms with E-state index in [-0.39, 0.29) is 0 Å². The van der Waals surface area contributed by atoms with Crippen molar-refractivity contribution in [3.63, 3.8) is 0 Å². The molecule has 0 N–H and O–H groups in total. The van der Waals surface area contributed by atoms with Crippen molar-refractivity contribution >= 4 is 41.5 Å². The average Bonchev–Trinajstić information content (AvgIpc) is 2.62. The van der Waals surface area contributed by atoms with Gasteiger partial charge in [-0.2, -0.15) is 11.6 Å². The number of rotatable bonds is 5. The standard InChI is InChI=1S/C10H14BrS.BrH.Ni/c1-2-3-4-5-6-9-7-10(11)12-8-9;;/h7H,2-6H2,1H3;1H;/q-1;;+1/p-1. The fourth-order valence-corrected chi connectivity index (χ4v) is 2.29. The van der Waals surface area contributed by atoms with Gasteiger partial charge in [0, 0.05) is 0 Å². The van der Waals surface area contributed by atoms with Crippen LogP contribution in [0.3, 0.4) is 0 Å². The molecular formula is C10H14Br2NiS-. The third-order valence-electron chi connectivity index (χ3n) is 1.87. The van der Waals surface area contributed by atoms with Crippen molar-refractivity contribution in [1.29, 1.82) is 0 Å². The molecule has 0 atom stereocenters. The van der Waals surface area contributed by atoms with E-state index in [1.54, 1.807) is 11.3 Å². The third kappa shape index (κ3) is 7.45. The van der Waals surface area contributed by atoms with Crippen LogP contribution in [0.1, 0.15) is 38.2 Å². The third-order valence-corrected chi connectivity index (χ3v) is 3.26. The molecule has 0 aliphatic rings. The van der Waals surface area contributed by atoms with Gasteiger partial charge in [0.1, 0.15) is 0 Å². The summed E-state index contributed by atoms with van der Waals surface area (Å²) < 4.78 is 1.20. The van der Waals surface area contributed by atoms with Gasteiger partial charge in [0.2, 0.25) is 0 Å². The zero-order valence-electron chi connectivity index (χ0n) is 8.09. The molecule has 0 aromatic carbocycles. The van der Waals surface area contributed by atoms with Gasteiger partial charge in [-0.1, -0.05) is 42.8 Å². The van der Waals surface area contributed by atoms with Crippen LogP contribution in [0.5, 0.6) is 0 Å². The number of hydrogen-bond acceptors (Lipinski definition) is 1. The van der Waals surface area contributed by atoms with Crippen LogP contribution in [0, 0.1) is 5.38 Å². The number of halogens is 2. The van der Waals surface area contributed by atoms with E-state index in [1.807, 2.05) is 0 Å². The molecule has 1 aromatic heterocycles. The van der Waals surface area contributed by atoms with Crippen molar-refractivity contribution in [2.75, 3.05) is 0 Å². The fourth-order valence-electron chi connectivity index (χ4n) is 1.18. The predicted octanol–water partition coefficient (Wildman–Crippen LogP) is 5.28. The van der Waals surface area contributed by atoms with Gasteiger partial charge in [-0.25, -0.2) is 0 Å². The summed E-state index contributed by atoms with van der Waals surface area (Å²) in [7, 11) is 0. The molecule has 0 bridgehead atoms. The SMILES string of the molecule is CCCCCCc1[c-]sc(Br)c1.[Ni][Br]. The van der Waals surface area contributed by atoms with Gasteiger partial charge in [0.05, 0.1) is 0 Å². The van der Waals surface area contributed by atoms with E-state index in [9.17, 15) is 0 Å². The first-order chi connectivity index (χ1) is 6.83. The second kappa shape index (κ2) is 10.7. The van der Waals surface area contributed by atoms with Crippen molar-refractivity contribution in [2.24, 2.45) is 0 Å². The molecule has 0 amide bonds. The zero-order valence-corrected chi connectivity index (χ0v) is 13.1.